The lowest BCUT2D eigenvalue weighted by Crippen LogP contribution is -2.40. The van der Waals surface area contributed by atoms with Gasteiger partial charge in [0.05, 0.1) is 11.2 Å². The van der Waals surface area contributed by atoms with Crippen molar-refractivity contribution in [3.05, 3.63) is 22.9 Å². The molecule has 0 saturated carbocycles. The van der Waals surface area contributed by atoms with E-state index in [1.165, 1.54) is 0 Å². The van der Waals surface area contributed by atoms with Gasteiger partial charge in [0.25, 0.3) is 0 Å². The summed E-state index contributed by atoms with van der Waals surface area (Å²) in [5, 5.41) is 10.0. The van der Waals surface area contributed by atoms with Crippen molar-refractivity contribution in [3.8, 4) is 0 Å². The first-order valence-electron chi connectivity index (χ1n) is 6.41. The third-order valence-corrected chi connectivity index (χ3v) is 3.04. The minimum absolute atomic E-state index is 0.342. The number of likely N-dealkylation sites (N-methyl/N-ethyl adjacent to an activating group) is 1. The van der Waals surface area contributed by atoms with Crippen molar-refractivity contribution in [1.82, 2.24) is 4.98 Å². The Morgan fingerprint density at radius 2 is 2.05 bits per heavy atom. The van der Waals surface area contributed by atoms with Crippen molar-refractivity contribution in [2.45, 2.75) is 40.2 Å². The van der Waals surface area contributed by atoms with Crippen molar-refractivity contribution in [2.75, 3.05) is 18.0 Å². The number of rotatable bonds is 5. The maximum atomic E-state index is 10.0. The maximum Gasteiger partial charge on any atom is 0.139 e. The van der Waals surface area contributed by atoms with Crippen molar-refractivity contribution < 1.29 is 5.11 Å². The fraction of sp³-hybridized carbons (Fsp3) is 0.571. The molecule has 1 aromatic rings. The molecule has 1 aromatic heterocycles. The molecular weight excluding hydrogens is 258 g/mol. The minimum atomic E-state index is -0.803. The summed E-state index contributed by atoms with van der Waals surface area (Å²) in [7, 11) is 0. The molecule has 0 amide bonds. The smallest absolute Gasteiger partial charge is 0.139 e. The largest absolute Gasteiger partial charge is 0.389 e. The highest BCUT2D eigenvalue weighted by atomic mass is 32.1. The molecule has 4 nitrogen and oxygen atoms in total. The van der Waals surface area contributed by atoms with Crippen LogP contribution in [0, 0.1) is 13.8 Å². The van der Waals surface area contributed by atoms with Gasteiger partial charge in [-0.05, 0) is 46.2 Å². The van der Waals surface area contributed by atoms with E-state index in [9.17, 15) is 5.11 Å². The van der Waals surface area contributed by atoms with E-state index in [4.69, 9.17) is 18.0 Å². The zero-order chi connectivity index (χ0) is 14.8. The summed E-state index contributed by atoms with van der Waals surface area (Å²) in [5.41, 5.74) is 7.76. The van der Waals surface area contributed by atoms with E-state index in [0.717, 1.165) is 29.2 Å². The molecule has 0 unspecified atom stereocenters. The van der Waals surface area contributed by atoms with Crippen molar-refractivity contribution >= 4 is 23.0 Å². The number of aromatic nitrogens is 1. The molecule has 1 rings (SSSR count). The highest BCUT2D eigenvalue weighted by Crippen LogP contribution is 2.24. The first-order valence-corrected chi connectivity index (χ1v) is 6.82. The first kappa shape index (κ1) is 15.9. The van der Waals surface area contributed by atoms with Gasteiger partial charge in [0.2, 0.25) is 0 Å². The summed E-state index contributed by atoms with van der Waals surface area (Å²) in [6.45, 7) is 10.7. The van der Waals surface area contributed by atoms with Crippen LogP contribution in [-0.2, 0) is 0 Å². The van der Waals surface area contributed by atoms with Gasteiger partial charge in [0.1, 0.15) is 10.8 Å². The third kappa shape index (κ3) is 4.14. The van der Waals surface area contributed by atoms with E-state index in [-0.39, 0.29) is 0 Å². The van der Waals surface area contributed by atoms with E-state index >= 15 is 0 Å². The second kappa shape index (κ2) is 5.84. The average Bonchev–Trinajstić information content (AvgIpc) is 2.22. The fourth-order valence-corrected chi connectivity index (χ4v) is 2.41. The van der Waals surface area contributed by atoms with Gasteiger partial charge in [0, 0.05) is 18.8 Å². The van der Waals surface area contributed by atoms with Crippen LogP contribution in [0.3, 0.4) is 0 Å². The Balaban J connectivity index is 3.33. The lowest BCUT2D eigenvalue weighted by Gasteiger charge is -2.31. The summed E-state index contributed by atoms with van der Waals surface area (Å²) in [4.78, 5) is 6.91. The summed E-state index contributed by atoms with van der Waals surface area (Å²) < 4.78 is 0. The van der Waals surface area contributed by atoms with Gasteiger partial charge in [-0.15, -0.1) is 0 Å². The molecule has 0 aromatic carbocycles. The van der Waals surface area contributed by atoms with Gasteiger partial charge < -0.3 is 15.7 Å². The number of thiocarbonyl (C=S) groups is 1. The van der Waals surface area contributed by atoms with Crippen LogP contribution in [0.4, 0.5) is 5.82 Å². The number of aliphatic hydroxyl groups is 1. The molecule has 0 aliphatic carbocycles. The molecule has 0 spiro atoms. The van der Waals surface area contributed by atoms with Crippen LogP contribution in [0.5, 0.6) is 0 Å². The Morgan fingerprint density at radius 1 is 1.47 bits per heavy atom. The molecule has 0 aliphatic heterocycles. The van der Waals surface area contributed by atoms with Gasteiger partial charge in [-0.2, -0.15) is 0 Å². The Bertz CT molecular complexity index is 480. The molecule has 0 aliphatic rings. The molecular formula is C14H23N3OS. The van der Waals surface area contributed by atoms with Crippen LogP contribution >= 0.6 is 12.2 Å². The molecule has 1 heterocycles. The Kier molecular flexibility index (Phi) is 4.87. The molecule has 19 heavy (non-hydrogen) atoms. The lowest BCUT2D eigenvalue weighted by atomic mass is 10.1. The number of aryl methyl sites for hydroxylation is 2. The molecule has 3 N–H and O–H groups in total. The van der Waals surface area contributed by atoms with Crippen LogP contribution in [0.1, 0.15) is 37.6 Å². The molecule has 0 radical (unpaired) electrons. The van der Waals surface area contributed by atoms with Gasteiger partial charge in [0.15, 0.2) is 0 Å². The van der Waals surface area contributed by atoms with Crippen molar-refractivity contribution in [2.24, 2.45) is 5.73 Å². The van der Waals surface area contributed by atoms with Crippen molar-refractivity contribution in [3.63, 3.8) is 0 Å². The molecule has 0 fully saturated rings. The molecule has 0 atom stereocenters. The van der Waals surface area contributed by atoms with Crippen LogP contribution in [0.25, 0.3) is 0 Å². The summed E-state index contributed by atoms with van der Waals surface area (Å²) in [6.07, 6.45) is 0. The van der Waals surface area contributed by atoms with Crippen LogP contribution in [0.2, 0.25) is 0 Å². The zero-order valence-electron chi connectivity index (χ0n) is 12.3. The Morgan fingerprint density at radius 3 is 2.47 bits per heavy atom. The quantitative estimate of drug-likeness (QED) is 0.808. The van der Waals surface area contributed by atoms with Crippen LogP contribution in [0.15, 0.2) is 6.07 Å². The van der Waals surface area contributed by atoms with Crippen LogP contribution in [-0.4, -0.2) is 33.8 Å². The second-order valence-electron chi connectivity index (χ2n) is 5.47. The predicted octanol–water partition coefficient (Wildman–Crippen LogP) is 1.93. The minimum Gasteiger partial charge on any atom is -0.389 e. The highest BCUT2D eigenvalue weighted by molar-refractivity contribution is 7.80. The number of nitrogens with two attached hydrogens (primary N) is 1. The Hall–Kier alpha value is -1.20. The maximum absolute atomic E-state index is 10.0. The van der Waals surface area contributed by atoms with Crippen LogP contribution < -0.4 is 10.6 Å². The normalized spacial score (nSPS) is 11.5. The molecule has 0 saturated heterocycles. The van der Waals surface area contributed by atoms with Crippen molar-refractivity contribution in [1.29, 1.82) is 0 Å². The number of pyridine rings is 1. The fourth-order valence-electron chi connectivity index (χ4n) is 2.15. The highest BCUT2D eigenvalue weighted by Gasteiger charge is 2.22. The molecule has 5 heteroatoms. The monoisotopic (exact) mass is 281 g/mol. The lowest BCUT2D eigenvalue weighted by molar-refractivity contribution is 0.0874. The average molecular weight is 281 g/mol. The first-order chi connectivity index (χ1) is 8.65. The van der Waals surface area contributed by atoms with E-state index in [1.807, 2.05) is 31.7 Å². The summed E-state index contributed by atoms with van der Waals surface area (Å²) in [5.74, 6) is 0.759. The standard InChI is InChI=1S/C14H23N3OS/c1-6-17(8-14(4,5)18)13-11(12(15)19)9(2)7-10(3)16-13/h7,18H,6,8H2,1-5H3,(H2,15,19). The Labute approximate surface area is 120 Å². The van der Waals surface area contributed by atoms with Gasteiger partial charge >= 0.3 is 0 Å². The predicted molar refractivity (Wildman–Crippen MR) is 83.8 cm³/mol. The second-order valence-corrected chi connectivity index (χ2v) is 5.91. The molecule has 106 valence electrons. The summed E-state index contributed by atoms with van der Waals surface area (Å²) in [6, 6.07) is 1.97. The van der Waals surface area contributed by atoms with E-state index in [0.29, 0.717) is 11.5 Å². The van der Waals surface area contributed by atoms with E-state index in [2.05, 4.69) is 4.98 Å². The number of hydrogen-bond acceptors (Lipinski definition) is 4. The van der Waals surface area contributed by atoms with E-state index in [1.54, 1.807) is 13.8 Å². The number of hydrogen-bond donors (Lipinski definition) is 2. The van der Waals surface area contributed by atoms with Gasteiger partial charge in [-0.3, -0.25) is 0 Å². The van der Waals surface area contributed by atoms with Gasteiger partial charge in [-0.25, -0.2) is 4.98 Å². The van der Waals surface area contributed by atoms with E-state index < -0.39 is 5.60 Å². The number of nitrogens with zero attached hydrogens (tertiary/aromatic N) is 2. The summed E-state index contributed by atoms with van der Waals surface area (Å²) >= 11 is 5.14. The SMILES string of the molecule is CCN(CC(C)(C)O)c1nc(C)cc(C)c1C(N)=S. The zero-order valence-corrected chi connectivity index (χ0v) is 13.1. The molecule has 0 bridgehead atoms. The van der Waals surface area contributed by atoms with Gasteiger partial charge in [-0.1, -0.05) is 12.2 Å². The number of anilines is 1. The third-order valence-electron chi connectivity index (χ3n) is 2.83. The topological polar surface area (TPSA) is 62.4 Å².